The summed E-state index contributed by atoms with van der Waals surface area (Å²) in [5.74, 6) is 0. The van der Waals surface area contributed by atoms with Gasteiger partial charge in [0, 0.05) is 11.3 Å². The fourth-order valence-corrected chi connectivity index (χ4v) is 2.40. The topological polar surface area (TPSA) is 12.0 Å². The van der Waals surface area contributed by atoms with Crippen molar-refractivity contribution < 1.29 is 13.2 Å². The molecule has 1 aliphatic carbocycles. The van der Waals surface area contributed by atoms with Gasteiger partial charge in [0.1, 0.15) is 0 Å². The summed E-state index contributed by atoms with van der Waals surface area (Å²) in [6.07, 6.45) is 1.12. The van der Waals surface area contributed by atoms with E-state index in [1.807, 2.05) is 6.26 Å². The van der Waals surface area contributed by atoms with Gasteiger partial charge < -0.3 is 5.32 Å². The molecule has 0 radical (unpaired) electrons. The summed E-state index contributed by atoms with van der Waals surface area (Å²) in [5, 5.41) is 2.47. The van der Waals surface area contributed by atoms with Crippen LogP contribution in [0.25, 0.3) is 0 Å². The Morgan fingerprint density at radius 2 is 2.00 bits per heavy atom. The highest BCUT2D eigenvalue weighted by Crippen LogP contribution is 2.42. The number of rotatable bonds is 4. The quantitative estimate of drug-likeness (QED) is 0.769. The van der Waals surface area contributed by atoms with E-state index in [0.717, 1.165) is 19.3 Å². The molecular weight excluding hydrogens is 199 g/mol. The highest BCUT2D eigenvalue weighted by Gasteiger charge is 2.37. The molecule has 1 aliphatic rings. The fourth-order valence-electron chi connectivity index (χ4n) is 1.46. The number of alkyl halides is 3. The highest BCUT2D eigenvalue weighted by molar-refractivity contribution is 8.00. The fraction of sp³-hybridized carbons (Fsp3) is 1.00. The van der Waals surface area contributed by atoms with Crippen molar-refractivity contribution in [3.8, 4) is 0 Å². The lowest BCUT2D eigenvalue weighted by molar-refractivity contribution is -0.125. The molecule has 0 bridgehead atoms. The molecular formula is C8H14F3NS. The maximum atomic E-state index is 11.8. The number of nitrogens with one attached hydrogen (secondary N) is 1. The lowest BCUT2D eigenvalue weighted by atomic mass is 9.84. The molecule has 0 saturated heterocycles. The first-order chi connectivity index (χ1) is 5.97. The molecule has 0 atom stereocenters. The zero-order valence-electron chi connectivity index (χ0n) is 7.58. The highest BCUT2D eigenvalue weighted by atomic mass is 32.2. The number of thioether (sulfide) groups is 1. The van der Waals surface area contributed by atoms with Crippen LogP contribution < -0.4 is 5.32 Å². The monoisotopic (exact) mass is 213 g/mol. The van der Waals surface area contributed by atoms with E-state index in [9.17, 15) is 13.2 Å². The first-order valence-corrected chi connectivity index (χ1v) is 5.53. The molecule has 78 valence electrons. The third-order valence-electron chi connectivity index (χ3n) is 2.47. The lowest BCUT2D eigenvalue weighted by Crippen LogP contribution is -2.45. The molecule has 1 N–H and O–H groups in total. The molecule has 13 heavy (non-hydrogen) atoms. The summed E-state index contributed by atoms with van der Waals surface area (Å²) in [4.78, 5) is 0. The van der Waals surface area contributed by atoms with Crippen LogP contribution in [0.2, 0.25) is 0 Å². The van der Waals surface area contributed by atoms with E-state index in [-0.39, 0.29) is 4.75 Å². The van der Waals surface area contributed by atoms with E-state index in [1.54, 1.807) is 11.8 Å². The Morgan fingerprint density at radius 3 is 2.31 bits per heavy atom. The summed E-state index contributed by atoms with van der Waals surface area (Å²) in [7, 11) is 0. The van der Waals surface area contributed by atoms with Gasteiger partial charge in [-0.2, -0.15) is 24.9 Å². The zero-order chi connectivity index (χ0) is 9.95. The van der Waals surface area contributed by atoms with Gasteiger partial charge in [0.15, 0.2) is 0 Å². The molecule has 0 aliphatic heterocycles. The second-order valence-electron chi connectivity index (χ2n) is 3.46. The summed E-state index contributed by atoms with van der Waals surface area (Å²) in [6.45, 7) is -0.386. The SMILES string of the molecule is CSC1(CNCC(F)(F)F)CCC1. The summed E-state index contributed by atoms with van der Waals surface area (Å²) >= 11 is 1.68. The van der Waals surface area contributed by atoms with E-state index in [1.165, 1.54) is 0 Å². The van der Waals surface area contributed by atoms with Crippen molar-refractivity contribution in [2.75, 3.05) is 19.3 Å². The van der Waals surface area contributed by atoms with Gasteiger partial charge in [-0.1, -0.05) is 6.42 Å². The number of hydrogen-bond donors (Lipinski definition) is 1. The van der Waals surface area contributed by atoms with E-state index in [0.29, 0.717) is 6.54 Å². The van der Waals surface area contributed by atoms with E-state index >= 15 is 0 Å². The lowest BCUT2D eigenvalue weighted by Gasteiger charge is -2.40. The molecule has 0 heterocycles. The van der Waals surface area contributed by atoms with Gasteiger partial charge in [0.05, 0.1) is 6.54 Å². The zero-order valence-corrected chi connectivity index (χ0v) is 8.39. The Kier molecular flexibility index (Phi) is 3.51. The first-order valence-electron chi connectivity index (χ1n) is 4.30. The van der Waals surface area contributed by atoms with Crippen LogP contribution >= 0.6 is 11.8 Å². The van der Waals surface area contributed by atoms with Crippen LogP contribution in [0.4, 0.5) is 13.2 Å². The molecule has 1 fully saturated rings. The van der Waals surface area contributed by atoms with Gasteiger partial charge in [-0.3, -0.25) is 0 Å². The van der Waals surface area contributed by atoms with Gasteiger partial charge >= 0.3 is 6.18 Å². The Hall–Kier alpha value is 0.100. The maximum Gasteiger partial charge on any atom is 0.401 e. The molecule has 0 amide bonds. The minimum atomic E-state index is -4.08. The maximum absolute atomic E-state index is 11.8. The van der Waals surface area contributed by atoms with Gasteiger partial charge in [-0.15, -0.1) is 0 Å². The molecule has 1 saturated carbocycles. The van der Waals surface area contributed by atoms with Crippen molar-refractivity contribution in [1.82, 2.24) is 5.32 Å². The Balaban J connectivity index is 2.18. The molecule has 1 rings (SSSR count). The smallest absolute Gasteiger partial charge is 0.307 e. The first kappa shape index (κ1) is 11.2. The minimum Gasteiger partial charge on any atom is -0.307 e. The van der Waals surface area contributed by atoms with Crippen molar-refractivity contribution in [2.24, 2.45) is 0 Å². The van der Waals surface area contributed by atoms with Crippen molar-refractivity contribution in [3.63, 3.8) is 0 Å². The van der Waals surface area contributed by atoms with Crippen LogP contribution in [-0.2, 0) is 0 Å². The second-order valence-corrected chi connectivity index (χ2v) is 4.73. The minimum absolute atomic E-state index is 0.0885. The third-order valence-corrected chi connectivity index (χ3v) is 3.89. The van der Waals surface area contributed by atoms with Gasteiger partial charge in [-0.25, -0.2) is 0 Å². The molecule has 0 unspecified atom stereocenters. The second kappa shape index (κ2) is 4.09. The predicted octanol–water partition coefficient (Wildman–Crippen LogP) is 2.42. The Morgan fingerprint density at radius 1 is 1.38 bits per heavy atom. The largest absolute Gasteiger partial charge is 0.401 e. The van der Waals surface area contributed by atoms with Crippen LogP contribution in [0.3, 0.4) is 0 Å². The molecule has 1 nitrogen and oxygen atoms in total. The average molecular weight is 213 g/mol. The van der Waals surface area contributed by atoms with Crippen LogP contribution in [-0.4, -0.2) is 30.3 Å². The van der Waals surface area contributed by atoms with Crippen LogP contribution in [0.15, 0.2) is 0 Å². The number of halogens is 3. The molecule has 0 spiro atoms. The van der Waals surface area contributed by atoms with E-state index in [2.05, 4.69) is 5.32 Å². The standard InChI is InChI=1S/C8H14F3NS/c1-13-7(3-2-4-7)5-12-6-8(9,10)11/h12H,2-6H2,1H3. The Bertz CT molecular complexity index is 160. The van der Waals surface area contributed by atoms with Gasteiger partial charge in [0.2, 0.25) is 0 Å². The predicted molar refractivity (Wildman–Crippen MR) is 49.0 cm³/mol. The van der Waals surface area contributed by atoms with Crippen LogP contribution in [0, 0.1) is 0 Å². The van der Waals surface area contributed by atoms with Crippen molar-refractivity contribution in [2.45, 2.75) is 30.2 Å². The third kappa shape index (κ3) is 3.38. The van der Waals surface area contributed by atoms with Crippen LogP contribution in [0.1, 0.15) is 19.3 Å². The van der Waals surface area contributed by atoms with Crippen molar-refractivity contribution >= 4 is 11.8 Å². The summed E-state index contributed by atoms with van der Waals surface area (Å²) in [5.41, 5.74) is 0. The summed E-state index contributed by atoms with van der Waals surface area (Å²) < 4.78 is 35.5. The number of hydrogen-bond acceptors (Lipinski definition) is 2. The van der Waals surface area contributed by atoms with E-state index in [4.69, 9.17) is 0 Å². The molecule has 0 aromatic heterocycles. The van der Waals surface area contributed by atoms with Crippen molar-refractivity contribution in [1.29, 1.82) is 0 Å². The van der Waals surface area contributed by atoms with Crippen molar-refractivity contribution in [3.05, 3.63) is 0 Å². The van der Waals surface area contributed by atoms with Gasteiger partial charge in [-0.05, 0) is 19.1 Å². The molecule has 0 aromatic carbocycles. The van der Waals surface area contributed by atoms with Gasteiger partial charge in [0.25, 0.3) is 0 Å². The average Bonchev–Trinajstić information content (AvgIpc) is 1.92. The normalized spacial score (nSPS) is 21.2. The molecule has 5 heteroatoms. The van der Waals surface area contributed by atoms with Crippen LogP contribution in [0.5, 0.6) is 0 Å². The molecule has 0 aromatic rings. The summed E-state index contributed by atoms with van der Waals surface area (Å²) in [6, 6.07) is 0. The Labute approximate surface area is 80.5 Å². The van der Waals surface area contributed by atoms with E-state index < -0.39 is 12.7 Å².